The summed E-state index contributed by atoms with van der Waals surface area (Å²) in [5.41, 5.74) is 9.02. The highest BCUT2D eigenvalue weighted by molar-refractivity contribution is 5.20. The first-order valence-electron chi connectivity index (χ1n) is 8.18. The molecule has 2 fully saturated rings. The second-order valence-corrected chi connectivity index (χ2v) is 6.88. The lowest BCUT2D eigenvalue weighted by Crippen LogP contribution is -2.42. The number of rotatable bonds is 5. The molecule has 1 aromatic rings. The van der Waals surface area contributed by atoms with E-state index in [9.17, 15) is 0 Å². The van der Waals surface area contributed by atoms with Crippen LogP contribution in [-0.2, 0) is 11.3 Å². The van der Waals surface area contributed by atoms with Gasteiger partial charge in [-0.2, -0.15) is 5.26 Å². The van der Waals surface area contributed by atoms with Crippen LogP contribution in [0, 0.1) is 30.2 Å². The Labute approximate surface area is 132 Å². The van der Waals surface area contributed by atoms with Gasteiger partial charge in [0.25, 0.3) is 0 Å². The van der Waals surface area contributed by atoms with E-state index in [-0.39, 0.29) is 5.54 Å². The number of nitrogens with zero attached hydrogens (tertiary/aromatic N) is 2. The van der Waals surface area contributed by atoms with Crippen LogP contribution in [0.15, 0.2) is 24.3 Å². The monoisotopic (exact) mass is 299 g/mol. The summed E-state index contributed by atoms with van der Waals surface area (Å²) < 4.78 is 5.87. The average Bonchev–Trinajstić information content (AvgIpc) is 3.21. The van der Waals surface area contributed by atoms with E-state index in [0.717, 1.165) is 39.0 Å². The predicted octanol–water partition coefficient (Wildman–Crippen LogP) is 2.42. The fourth-order valence-electron chi connectivity index (χ4n) is 3.60. The lowest BCUT2D eigenvalue weighted by Gasteiger charge is -2.32. The number of hydrogen-bond donors (Lipinski definition) is 1. The van der Waals surface area contributed by atoms with Crippen LogP contribution < -0.4 is 5.73 Å². The third kappa shape index (κ3) is 3.26. The Hall–Kier alpha value is -1.57. The predicted molar refractivity (Wildman–Crippen MR) is 85.8 cm³/mol. The molecule has 2 aliphatic rings. The van der Waals surface area contributed by atoms with Crippen molar-refractivity contribution < 1.29 is 4.74 Å². The number of nitrogens with two attached hydrogens (primary N) is 1. The van der Waals surface area contributed by atoms with Crippen LogP contribution in [0.3, 0.4) is 0 Å². The van der Waals surface area contributed by atoms with Gasteiger partial charge in [-0.3, -0.25) is 0 Å². The number of ether oxygens (including phenoxy) is 1. The molecule has 2 unspecified atom stereocenters. The van der Waals surface area contributed by atoms with Crippen LogP contribution in [0.4, 0.5) is 0 Å². The molecular weight excluding hydrogens is 274 g/mol. The molecule has 0 aromatic heterocycles. The molecule has 0 spiro atoms. The first kappa shape index (κ1) is 15.3. The van der Waals surface area contributed by atoms with E-state index in [2.05, 4.69) is 37.4 Å². The Kier molecular flexibility index (Phi) is 4.37. The largest absolute Gasteiger partial charge is 0.376 e. The fourth-order valence-corrected chi connectivity index (χ4v) is 3.60. The van der Waals surface area contributed by atoms with E-state index < -0.39 is 0 Å². The molecule has 118 valence electrons. The van der Waals surface area contributed by atoms with Gasteiger partial charge in [0.2, 0.25) is 0 Å². The number of nitriles is 1. The molecule has 2 atom stereocenters. The molecule has 1 aliphatic heterocycles. The summed E-state index contributed by atoms with van der Waals surface area (Å²) in [6.07, 6.45) is 5.38. The Morgan fingerprint density at radius 3 is 2.64 bits per heavy atom. The summed E-state index contributed by atoms with van der Waals surface area (Å²) in [6, 6.07) is 8.48. The molecule has 1 aromatic carbocycles. The molecule has 0 amide bonds. The van der Waals surface area contributed by atoms with E-state index in [1.54, 1.807) is 0 Å². The third-order valence-corrected chi connectivity index (χ3v) is 5.30. The third-order valence-electron chi connectivity index (χ3n) is 5.30. The first-order chi connectivity index (χ1) is 10.6. The fraction of sp³-hybridized carbons (Fsp3) is 0.611. The zero-order chi connectivity index (χ0) is 15.6. The van der Waals surface area contributed by atoms with Crippen LogP contribution in [0.1, 0.15) is 30.4 Å². The summed E-state index contributed by atoms with van der Waals surface area (Å²) in [7, 11) is 0. The van der Waals surface area contributed by atoms with E-state index in [0.29, 0.717) is 18.4 Å². The number of likely N-dealkylation sites (tertiary alicyclic amines) is 1. The minimum Gasteiger partial charge on any atom is -0.376 e. The Morgan fingerprint density at radius 1 is 1.32 bits per heavy atom. The van der Waals surface area contributed by atoms with Crippen LogP contribution in [-0.4, -0.2) is 30.1 Å². The van der Waals surface area contributed by atoms with Gasteiger partial charge in [-0.25, -0.2) is 0 Å². The molecule has 3 rings (SSSR count). The van der Waals surface area contributed by atoms with Gasteiger partial charge in [-0.15, -0.1) is 0 Å². The zero-order valence-corrected chi connectivity index (χ0v) is 13.3. The summed E-state index contributed by atoms with van der Waals surface area (Å²) in [5, 5.41) is 8.91. The maximum absolute atomic E-state index is 8.91. The Bertz CT molecular complexity index is 542. The minimum absolute atomic E-state index is 0.0468. The summed E-state index contributed by atoms with van der Waals surface area (Å²) in [5.74, 6) is 1.03. The van der Waals surface area contributed by atoms with Gasteiger partial charge in [0.15, 0.2) is 6.19 Å². The molecule has 0 bridgehead atoms. The van der Waals surface area contributed by atoms with Crippen molar-refractivity contribution in [2.24, 2.45) is 17.6 Å². The van der Waals surface area contributed by atoms with Gasteiger partial charge in [0.05, 0.1) is 13.2 Å². The average molecular weight is 299 g/mol. The molecule has 1 saturated heterocycles. The van der Waals surface area contributed by atoms with Gasteiger partial charge in [-0.1, -0.05) is 29.8 Å². The van der Waals surface area contributed by atoms with Crippen molar-refractivity contribution in [1.82, 2.24) is 4.90 Å². The highest BCUT2D eigenvalue weighted by Gasteiger charge is 2.55. The molecular formula is C18H25N3O. The minimum atomic E-state index is -0.0468. The second kappa shape index (κ2) is 6.28. The first-order valence-corrected chi connectivity index (χ1v) is 8.18. The smallest absolute Gasteiger partial charge is 0.179 e. The second-order valence-electron chi connectivity index (χ2n) is 6.88. The molecule has 0 radical (unpaired) electrons. The quantitative estimate of drug-likeness (QED) is 0.848. The van der Waals surface area contributed by atoms with Crippen molar-refractivity contribution in [3.63, 3.8) is 0 Å². The number of benzene rings is 1. The normalized spacial score (nSPS) is 28.4. The highest BCUT2D eigenvalue weighted by Crippen LogP contribution is 2.50. The number of hydrogen-bond acceptors (Lipinski definition) is 4. The summed E-state index contributed by atoms with van der Waals surface area (Å²) >= 11 is 0. The van der Waals surface area contributed by atoms with Crippen molar-refractivity contribution in [3.05, 3.63) is 35.4 Å². The van der Waals surface area contributed by atoms with E-state index >= 15 is 0 Å². The van der Waals surface area contributed by atoms with Gasteiger partial charge in [0.1, 0.15) is 0 Å². The summed E-state index contributed by atoms with van der Waals surface area (Å²) in [4.78, 5) is 1.84. The van der Waals surface area contributed by atoms with Crippen LogP contribution in [0.25, 0.3) is 0 Å². The molecule has 1 heterocycles. The molecule has 1 saturated carbocycles. The molecule has 2 N–H and O–H groups in total. The SMILES string of the molecule is Cc1ccc(COCC2CC2(N)C2CCN(C#N)CC2)cc1. The van der Waals surface area contributed by atoms with E-state index in [1.165, 1.54) is 11.1 Å². The van der Waals surface area contributed by atoms with Crippen molar-refractivity contribution in [3.8, 4) is 6.19 Å². The standard InChI is InChI=1S/C18H25N3O/c1-14-2-4-15(5-3-14)11-22-12-17-10-18(17,20)16-6-8-21(13-19)9-7-16/h2-5,16-17H,6-12,20H2,1H3. The van der Waals surface area contributed by atoms with E-state index in [4.69, 9.17) is 15.7 Å². The number of aryl methyl sites for hydroxylation is 1. The maximum atomic E-state index is 8.91. The van der Waals surface area contributed by atoms with Crippen molar-refractivity contribution >= 4 is 0 Å². The van der Waals surface area contributed by atoms with E-state index in [1.807, 2.05) is 4.90 Å². The van der Waals surface area contributed by atoms with Crippen LogP contribution >= 0.6 is 0 Å². The van der Waals surface area contributed by atoms with Crippen molar-refractivity contribution in [1.29, 1.82) is 5.26 Å². The Morgan fingerprint density at radius 2 is 2.00 bits per heavy atom. The molecule has 22 heavy (non-hydrogen) atoms. The van der Waals surface area contributed by atoms with Crippen LogP contribution in [0.2, 0.25) is 0 Å². The maximum Gasteiger partial charge on any atom is 0.179 e. The lowest BCUT2D eigenvalue weighted by atomic mass is 9.86. The summed E-state index contributed by atoms with van der Waals surface area (Å²) in [6.45, 7) is 5.23. The molecule has 4 nitrogen and oxygen atoms in total. The molecule has 4 heteroatoms. The zero-order valence-electron chi connectivity index (χ0n) is 13.3. The van der Waals surface area contributed by atoms with Gasteiger partial charge in [0, 0.05) is 24.5 Å². The molecule has 1 aliphatic carbocycles. The van der Waals surface area contributed by atoms with Crippen LogP contribution in [0.5, 0.6) is 0 Å². The Balaban J connectivity index is 1.42. The topological polar surface area (TPSA) is 62.3 Å². The van der Waals surface area contributed by atoms with Gasteiger partial charge >= 0.3 is 0 Å². The number of piperidine rings is 1. The lowest BCUT2D eigenvalue weighted by molar-refractivity contribution is 0.0982. The van der Waals surface area contributed by atoms with Crippen molar-refractivity contribution in [2.75, 3.05) is 19.7 Å². The van der Waals surface area contributed by atoms with Gasteiger partial charge in [-0.05, 0) is 37.7 Å². The highest BCUT2D eigenvalue weighted by atomic mass is 16.5. The van der Waals surface area contributed by atoms with Crippen molar-refractivity contribution in [2.45, 2.75) is 38.3 Å². The van der Waals surface area contributed by atoms with Gasteiger partial charge < -0.3 is 15.4 Å².